The van der Waals surface area contributed by atoms with Crippen LogP contribution in [0.5, 0.6) is 0 Å². The van der Waals surface area contributed by atoms with Crippen LogP contribution >= 0.6 is 0 Å². The van der Waals surface area contributed by atoms with Gasteiger partial charge in [0.05, 0.1) is 0 Å². The molecule has 1 aromatic rings. The summed E-state index contributed by atoms with van der Waals surface area (Å²) in [5, 5.41) is 0. The van der Waals surface area contributed by atoms with Crippen LogP contribution in [0.2, 0.25) is 0 Å². The molecule has 0 N–H and O–H groups in total. The Labute approximate surface area is 119 Å². The van der Waals surface area contributed by atoms with Crippen molar-refractivity contribution in [1.82, 2.24) is 4.90 Å². The predicted molar refractivity (Wildman–Crippen MR) is 67.4 cm³/mol. The molecule has 2 rings (SSSR count). The quantitative estimate of drug-likeness (QED) is 0.844. The SMILES string of the molecule is O=C1CCN(C(=O)OCc2ccccc2)C(C(F)(F)F)C1. The number of carbonyl (C=O) groups is 2. The van der Waals surface area contributed by atoms with Gasteiger partial charge in [-0.05, 0) is 5.56 Å². The number of halogens is 3. The zero-order valence-electron chi connectivity index (χ0n) is 11.1. The molecule has 0 spiro atoms. The molecule has 1 aliphatic rings. The average Bonchev–Trinajstić information content (AvgIpc) is 2.45. The molecule has 21 heavy (non-hydrogen) atoms. The van der Waals surface area contributed by atoms with Crippen LogP contribution < -0.4 is 0 Å². The third-order valence-corrected chi connectivity index (χ3v) is 3.25. The number of carbonyl (C=O) groups excluding carboxylic acids is 2. The van der Waals surface area contributed by atoms with Crippen LogP contribution in [0.4, 0.5) is 18.0 Å². The number of likely N-dealkylation sites (tertiary alicyclic amines) is 1. The van der Waals surface area contributed by atoms with Gasteiger partial charge in [0, 0.05) is 19.4 Å². The Morgan fingerprint density at radius 3 is 2.57 bits per heavy atom. The van der Waals surface area contributed by atoms with Crippen LogP contribution in [-0.4, -0.2) is 35.5 Å². The third-order valence-electron chi connectivity index (χ3n) is 3.25. The lowest BCUT2D eigenvalue weighted by molar-refractivity contribution is -0.187. The molecule has 1 heterocycles. The van der Waals surface area contributed by atoms with Crippen molar-refractivity contribution in [3.63, 3.8) is 0 Å². The lowest BCUT2D eigenvalue weighted by Gasteiger charge is -2.35. The van der Waals surface area contributed by atoms with E-state index in [0.717, 1.165) is 0 Å². The molecule has 114 valence electrons. The highest BCUT2D eigenvalue weighted by molar-refractivity contribution is 5.82. The Balaban J connectivity index is 2.01. The summed E-state index contributed by atoms with van der Waals surface area (Å²) in [5.74, 6) is -0.496. The minimum absolute atomic E-state index is 0.0764. The van der Waals surface area contributed by atoms with E-state index in [9.17, 15) is 22.8 Å². The van der Waals surface area contributed by atoms with Crippen LogP contribution in [0.3, 0.4) is 0 Å². The number of amides is 1. The number of ketones is 1. The van der Waals surface area contributed by atoms with Crippen molar-refractivity contribution in [3.05, 3.63) is 35.9 Å². The molecule has 1 saturated heterocycles. The summed E-state index contributed by atoms with van der Waals surface area (Å²) in [6.07, 6.45) is -6.47. The van der Waals surface area contributed by atoms with E-state index >= 15 is 0 Å². The molecule has 0 bridgehead atoms. The first-order chi connectivity index (χ1) is 9.88. The van der Waals surface area contributed by atoms with Gasteiger partial charge in [-0.3, -0.25) is 9.69 Å². The maximum absolute atomic E-state index is 12.9. The van der Waals surface area contributed by atoms with E-state index in [-0.39, 0.29) is 19.6 Å². The smallest absolute Gasteiger partial charge is 0.410 e. The van der Waals surface area contributed by atoms with Crippen LogP contribution in [0, 0.1) is 0 Å². The Morgan fingerprint density at radius 2 is 1.95 bits per heavy atom. The van der Waals surface area contributed by atoms with Crippen molar-refractivity contribution in [2.75, 3.05) is 6.54 Å². The number of benzene rings is 1. The second kappa shape index (κ2) is 6.15. The number of hydrogen-bond acceptors (Lipinski definition) is 3. The lowest BCUT2D eigenvalue weighted by Crippen LogP contribution is -2.53. The Hall–Kier alpha value is -2.05. The molecule has 1 aromatic carbocycles. The Kier molecular flexibility index (Phi) is 4.50. The number of hydrogen-bond donors (Lipinski definition) is 0. The molecule has 1 unspecified atom stereocenters. The Bertz CT molecular complexity index is 516. The number of alkyl halides is 3. The topological polar surface area (TPSA) is 46.6 Å². The molecule has 4 nitrogen and oxygen atoms in total. The second-order valence-corrected chi connectivity index (χ2v) is 4.78. The molecule has 7 heteroatoms. The van der Waals surface area contributed by atoms with Crippen molar-refractivity contribution in [2.24, 2.45) is 0 Å². The van der Waals surface area contributed by atoms with Crippen molar-refractivity contribution in [1.29, 1.82) is 0 Å². The molecule has 0 aromatic heterocycles. The van der Waals surface area contributed by atoms with E-state index in [1.807, 2.05) is 0 Å². The molecule has 0 aliphatic carbocycles. The minimum Gasteiger partial charge on any atom is -0.445 e. The molecule has 1 aliphatic heterocycles. The molecule has 0 saturated carbocycles. The average molecular weight is 301 g/mol. The van der Waals surface area contributed by atoms with Crippen LogP contribution in [-0.2, 0) is 16.1 Å². The summed E-state index contributed by atoms with van der Waals surface area (Å²) >= 11 is 0. The standard InChI is InChI=1S/C14H14F3NO3/c15-14(16,17)12-8-11(19)6-7-18(12)13(20)21-9-10-4-2-1-3-5-10/h1-5,12H,6-9H2. The lowest BCUT2D eigenvalue weighted by atomic mass is 10.0. The van der Waals surface area contributed by atoms with Crippen LogP contribution in [0.1, 0.15) is 18.4 Å². The molecular formula is C14H14F3NO3. The van der Waals surface area contributed by atoms with Gasteiger partial charge in [0.1, 0.15) is 18.4 Å². The summed E-state index contributed by atoms with van der Waals surface area (Å²) < 4.78 is 43.6. The highest BCUT2D eigenvalue weighted by atomic mass is 19.4. The normalized spacial score (nSPS) is 19.5. The van der Waals surface area contributed by atoms with Crippen LogP contribution in [0.25, 0.3) is 0 Å². The van der Waals surface area contributed by atoms with Gasteiger partial charge in [0.15, 0.2) is 0 Å². The molecule has 0 radical (unpaired) electrons. The highest BCUT2D eigenvalue weighted by Gasteiger charge is 2.48. The number of Topliss-reactive ketones (excluding diaryl/α,β-unsaturated/α-hetero) is 1. The number of piperidine rings is 1. The first-order valence-electron chi connectivity index (χ1n) is 6.43. The van der Waals surface area contributed by atoms with E-state index in [2.05, 4.69) is 0 Å². The fraction of sp³-hybridized carbons (Fsp3) is 0.429. The first kappa shape index (κ1) is 15.3. The van der Waals surface area contributed by atoms with Gasteiger partial charge in [-0.1, -0.05) is 30.3 Å². The van der Waals surface area contributed by atoms with Gasteiger partial charge >= 0.3 is 12.3 Å². The van der Waals surface area contributed by atoms with E-state index in [0.29, 0.717) is 10.5 Å². The first-order valence-corrected chi connectivity index (χ1v) is 6.43. The third kappa shape index (κ3) is 3.96. The zero-order chi connectivity index (χ0) is 15.5. The molecule has 1 fully saturated rings. The molecule has 1 amide bonds. The van der Waals surface area contributed by atoms with Crippen molar-refractivity contribution in [3.8, 4) is 0 Å². The summed E-state index contributed by atoms with van der Waals surface area (Å²) in [4.78, 5) is 23.6. The summed E-state index contributed by atoms with van der Waals surface area (Å²) in [6, 6.07) is 6.56. The minimum atomic E-state index is -4.64. The maximum atomic E-state index is 12.9. The number of rotatable bonds is 2. The summed E-state index contributed by atoms with van der Waals surface area (Å²) in [6.45, 7) is -0.370. The monoisotopic (exact) mass is 301 g/mol. The van der Waals surface area contributed by atoms with Gasteiger partial charge in [0.2, 0.25) is 0 Å². The maximum Gasteiger partial charge on any atom is 0.410 e. The zero-order valence-corrected chi connectivity index (χ0v) is 11.1. The van der Waals surface area contributed by atoms with E-state index in [1.165, 1.54) is 0 Å². The molecule has 1 atom stereocenters. The van der Waals surface area contributed by atoms with E-state index in [4.69, 9.17) is 4.74 Å². The van der Waals surface area contributed by atoms with Gasteiger partial charge in [-0.15, -0.1) is 0 Å². The predicted octanol–water partition coefficient (Wildman–Crippen LogP) is 2.92. The largest absolute Gasteiger partial charge is 0.445 e. The van der Waals surface area contributed by atoms with Gasteiger partial charge in [-0.25, -0.2) is 4.79 Å². The summed E-state index contributed by atoms with van der Waals surface area (Å²) in [5.41, 5.74) is 0.683. The van der Waals surface area contributed by atoms with E-state index < -0.39 is 30.5 Å². The van der Waals surface area contributed by atoms with Crippen molar-refractivity contribution < 1.29 is 27.5 Å². The van der Waals surface area contributed by atoms with Crippen molar-refractivity contribution in [2.45, 2.75) is 31.7 Å². The Morgan fingerprint density at radius 1 is 1.29 bits per heavy atom. The van der Waals surface area contributed by atoms with E-state index in [1.54, 1.807) is 30.3 Å². The second-order valence-electron chi connectivity index (χ2n) is 4.78. The fourth-order valence-corrected chi connectivity index (χ4v) is 2.14. The molecular weight excluding hydrogens is 287 g/mol. The van der Waals surface area contributed by atoms with Crippen molar-refractivity contribution >= 4 is 11.9 Å². The van der Waals surface area contributed by atoms with Gasteiger partial charge in [-0.2, -0.15) is 13.2 Å². The van der Waals surface area contributed by atoms with Gasteiger partial charge in [0.25, 0.3) is 0 Å². The number of ether oxygens (including phenoxy) is 1. The van der Waals surface area contributed by atoms with Crippen LogP contribution in [0.15, 0.2) is 30.3 Å². The number of nitrogens with zero attached hydrogens (tertiary/aromatic N) is 1. The summed E-state index contributed by atoms with van der Waals surface area (Å²) in [7, 11) is 0. The highest BCUT2D eigenvalue weighted by Crippen LogP contribution is 2.31. The fourth-order valence-electron chi connectivity index (χ4n) is 2.14. The van der Waals surface area contributed by atoms with Gasteiger partial charge < -0.3 is 4.74 Å².